The first kappa shape index (κ1) is 19.5. The van der Waals surface area contributed by atoms with E-state index >= 15 is 0 Å². The Kier molecular flexibility index (Phi) is 6.23. The van der Waals surface area contributed by atoms with E-state index in [2.05, 4.69) is 14.9 Å². The summed E-state index contributed by atoms with van der Waals surface area (Å²) in [5.74, 6) is 2.28. The summed E-state index contributed by atoms with van der Waals surface area (Å²) in [6.07, 6.45) is 0.881. The predicted molar refractivity (Wildman–Crippen MR) is 106 cm³/mol. The number of hydrogen-bond acceptors (Lipinski definition) is 7. The lowest BCUT2D eigenvalue weighted by molar-refractivity contribution is 0.134. The lowest BCUT2D eigenvalue weighted by Crippen LogP contribution is -2.32. The van der Waals surface area contributed by atoms with Crippen molar-refractivity contribution in [3.8, 4) is 11.5 Å². The van der Waals surface area contributed by atoms with Gasteiger partial charge in [0.25, 0.3) is 0 Å². The number of benzene rings is 1. The fourth-order valence-electron chi connectivity index (χ4n) is 3.27. The van der Waals surface area contributed by atoms with E-state index in [4.69, 9.17) is 31.5 Å². The molecule has 7 nitrogen and oxygen atoms in total. The van der Waals surface area contributed by atoms with Crippen LogP contribution in [0.4, 0.5) is 11.8 Å². The molecule has 0 unspecified atom stereocenters. The van der Waals surface area contributed by atoms with Gasteiger partial charge in [0, 0.05) is 36.0 Å². The van der Waals surface area contributed by atoms with Crippen LogP contribution < -0.4 is 20.1 Å². The van der Waals surface area contributed by atoms with Crippen LogP contribution in [0, 0.1) is 6.92 Å². The molecule has 0 bridgehead atoms. The first-order chi connectivity index (χ1) is 13.0. The van der Waals surface area contributed by atoms with Gasteiger partial charge < -0.3 is 24.8 Å². The standard InChI is InChI=1S/C19H25ClN4O3/c1-4-27-17-9-13(14(20)10-16(17)25-3)15-11-26-7-5-6-24(15)18-8-12(2)22-19(21)23-18/h8-10,15H,4-7,11H2,1-3H3,(H2,21,22,23)/t15-/m1/s1. The second kappa shape index (κ2) is 8.63. The van der Waals surface area contributed by atoms with Crippen molar-refractivity contribution < 1.29 is 14.2 Å². The fraction of sp³-hybridized carbons (Fsp3) is 0.474. The van der Waals surface area contributed by atoms with E-state index in [9.17, 15) is 0 Å². The number of ether oxygens (including phenoxy) is 3. The molecule has 1 saturated heterocycles. The van der Waals surface area contributed by atoms with Crippen molar-refractivity contribution in [1.29, 1.82) is 0 Å². The second-order valence-corrected chi connectivity index (χ2v) is 6.73. The van der Waals surface area contributed by atoms with E-state index in [1.165, 1.54) is 0 Å². The summed E-state index contributed by atoms with van der Waals surface area (Å²) in [6.45, 7) is 6.30. The molecule has 1 aliphatic rings. The minimum Gasteiger partial charge on any atom is -0.493 e. The molecule has 0 amide bonds. The summed E-state index contributed by atoms with van der Waals surface area (Å²) in [4.78, 5) is 10.8. The molecule has 146 valence electrons. The average molecular weight is 393 g/mol. The van der Waals surface area contributed by atoms with Gasteiger partial charge in [-0.1, -0.05) is 11.6 Å². The molecule has 0 radical (unpaired) electrons. The molecule has 1 aromatic heterocycles. The molecule has 0 spiro atoms. The highest BCUT2D eigenvalue weighted by Crippen LogP contribution is 2.39. The molecule has 0 aliphatic carbocycles. The molecule has 0 saturated carbocycles. The van der Waals surface area contributed by atoms with Crippen LogP contribution in [0.25, 0.3) is 0 Å². The lowest BCUT2D eigenvalue weighted by Gasteiger charge is -2.32. The zero-order valence-electron chi connectivity index (χ0n) is 15.9. The summed E-state index contributed by atoms with van der Waals surface area (Å²) < 4.78 is 17.0. The molecular formula is C19H25ClN4O3. The van der Waals surface area contributed by atoms with Crippen LogP contribution >= 0.6 is 11.6 Å². The number of hydrogen-bond donors (Lipinski definition) is 1. The van der Waals surface area contributed by atoms with E-state index in [0.717, 1.165) is 30.0 Å². The highest BCUT2D eigenvalue weighted by Gasteiger charge is 2.28. The number of aromatic nitrogens is 2. The Morgan fingerprint density at radius 3 is 2.81 bits per heavy atom. The highest BCUT2D eigenvalue weighted by molar-refractivity contribution is 6.31. The maximum atomic E-state index is 6.61. The molecule has 3 rings (SSSR count). The normalized spacial score (nSPS) is 17.5. The van der Waals surface area contributed by atoms with Crippen LogP contribution in [0.15, 0.2) is 18.2 Å². The van der Waals surface area contributed by atoms with E-state index in [1.807, 2.05) is 26.0 Å². The van der Waals surface area contributed by atoms with Crippen molar-refractivity contribution >= 4 is 23.4 Å². The number of halogens is 1. The van der Waals surface area contributed by atoms with Gasteiger partial charge >= 0.3 is 0 Å². The van der Waals surface area contributed by atoms with Gasteiger partial charge in [0.1, 0.15) is 5.82 Å². The number of nitrogen functional groups attached to an aromatic ring is 1. The summed E-state index contributed by atoms with van der Waals surface area (Å²) in [7, 11) is 1.60. The molecule has 2 heterocycles. The van der Waals surface area contributed by atoms with Crippen molar-refractivity contribution in [3.05, 3.63) is 34.5 Å². The van der Waals surface area contributed by atoms with Gasteiger partial charge in [-0.2, -0.15) is 4.98 Å². The minimum absolute atomic E-state index is 0.126. The maximum absolute atomic E-state index is 6.61. The summed E-state index contributed by atoms with van der Waals surface area (Å²) in [5.41, 5.74) is 7.60. The number of aryl methyl sites for hydroxylation is 1. The van der Waals surface area contributed by atoms with Crippen molar-refractivity contribution in [2.24, 2.45) is 0 Å². The topological polar surface area (TPSA) is 82.7 Å². The van der Waals surface area contributed by atoms with Gasteiger partial charge in [-0.05, 0) is 31.9 Å². The molecule has 2 N–H and O–H groups in total. The van der Waals surface area contributed by atoms with E-state index in [0.29, 0.717) is 36.3 Å². The lowest BCUT2D eigenvalue weighted by atomic mass is 10.0. The van der Waals surface area contributed by atoms with Crippen LogP contribution in [0.5, 0.6) is 11.5 Å². The monoisotopic (exact) mass is 392 g/mol. The average Bonchev–Trinajstić information content (AvgIpc) is 2.88. The Hall–Kier alpha value is -2.25. The predicted octanol–water partition coefficient (Wildman–Crippen LogP) is 3.40. The number of nitrogens with zero attached hydrogens (tertiary/aromatic N) is 3. The molecular weight excluding hydrogens is 368 g/mol. The Morgan fingerprint density at radius 2 is 2.11 bits per heavy atom. The molecule has 1 atom stereocenters. The van der Waals surface area contributed by atoms with Crippen molar-refractivity contribution in [2.75, 3.05) is 44.1 Å². The van der Waals surface area contributed by atoms with Crippen LogP contribution in [0.1, 0.15) is 30.6 Å². The van der Waals surface area contributed by atoms with Crippen LogP contribution in [0.3, 0.4) is 0 Å². The van der Waals surface area contributed by atoms with E-state index in [1.54, 1.807) is 13.2 Å². The number of methoxy groups -OCH3 is 1. The van der Waals surface area contributed by atoms with Crippen molar-refractivity contribution in [1.82, 2.24) is 9.97 Å². The molecule has 1 aliphatic heterocycles. The third-order valence-corrected chi connectivity index (χ3v) is 4.76. The zero-order chi connectivity index (χ0) is 19.4. The summed E-state index contributed by atoms with van der Waals surface area (Å²) >= 11 is 6.61. The van der Waals surface area contributed by atoms with Crippen LogP contribution in [-0.2, 0) is 4.74 Å². The summed E-state index contributed by atoms with van der Waals surface area (Å²) in [5, 5.41) is 0.592. The van der Waals surface area contributed by atoms with Gasteiger partial charge in [-0.15, -0.1) is 0 Å². The fourth-order valence-corrected chi connectivity index (χ4v) is 3.54. The van der Waals surface area contributed by atoms with Gasteiger partial charge in [-0.25, -0.2) is 4.98 Å². The Labute approximate surface area is 164 Å². The Bertz CT molecular complexity index is 783. The van der Waals surface area contributed by atoms with E-state index in [-0.39, 0.29) is 12.0 Å². The highest BCUT2D eigenvalue weighted by atomic mass is 35.5. The molecule has 1 fully saturated rings. The third-order valence-electron chi connectivity index (χ3n) is 4.43. The number of rotatable bonds is 5. The second-order valence-electron chi connectivity index (χ2n) is 6.32. The van der Waals surface area contributed by atoms with Gasteiger partial charge in [0.2, 0.25) is 5.95 Å². The Morgan fingerprint density at radius 1 is 1.30 bits per heavy atom. The summed E-state index contributed by atoms with van der Waals surface area (Å²) in [6, 6.07) is 5.51. The first-order valence-electron chi connectivity index (χ1n) is 8.99. The third kappa shape index (κ3) is 4.36. The maximum Gasteiger partial charge on any atom is 0.222 e. The van der Waals surface area contributed by atoms with Gasteiger partial charge in [-0.3, -0.25) is 0 Å². The first-order valence-corrected chi connectivity index (χ1v) is 9.37. The quantitative estimate of drug-likeness (QED) is 0.834. The van der Waals surface area contributed by atoms with Crippen molar-refractivity contribution in [2.45, 2.75) is 26.3 Å². The van der Waals surface area contributed by atoms with Crippen LogP contribution in [-0.4, -0.2) is 43.4 Å². The Balaban J connectivity index is 2.06. The van der Waals surface area contributed by atoms with Crippen LogP contribution in [0.2, 0.25) is 5.02 Å². The number of anilines is 2. The largest absolute Gasteiger partial charge is 0.493 e. The zero-order valence-corrected chi connectivity index (χ0v) is 16.6. The molecule has 8 heteroatoms. The van der Waals surface area contributed by atoms with Gasteiger partial charge in [0.05, 0.1) is 26.4 Å². The minimum atomic E-state index is -0.126. The van der Waals surface area contributed by atoms with Crippen molar-refractivity contribution in [3.63, 3.8) is 0 Å². The molecule has 1 aromatic carbocycles. The SMILES string of the molecule is CCOc1cc([C@H]2COCCCN2c2cc(C)nc(N)n2)c(Cl)cc1OC. The van der Waals surface area contributed by atoms with Gasteiger partial charge in [0.15, 0.2) is 11.5 Å². The number of nitrogens with two attached hydrogens (primary N) is 1. The smallest absolute Gasteiger partial charge is 0.222 e. The molecule has 2 aromatic rings. The van der Waals surface area contributed by atoms with E-state index < -0.39 is 0 Å². The molecule has 27 heavy (non-hydrogen) atoms.